The molecule has 110 valence electrons. The van der Waals surface area contributed by atoms with Crippen molar-refractivity contribution in [3.8, 4) is 11.8 Å². The summed E-state index contributed by atoms with van der Waals surface area (Å²) in [5.74, 6) is -4.29. The maximum atomic E-state index is 13.9. The zero-order chi connectivity index (χ0) is 16.1. The fourth-order valence-electron chi connectivity index (χ4n) is 1.67. The highest BCUT2D eigenvalue weighted by Gasteiger charge is 2.19. The number of hydrogen-bond acceptors (Lipinski definition) is 3. The van der Waals surface area contributed by atoms with Crippen molar-refractivity contribution in [3.05, 3.63) is 71.0 Å². The summed E-state index contributed by atoms with van der Waals surface area (Å²) < 4.78 is 32.4. The van der Waals surface area contributed by atoms with Crippen molar-refractivity contribution in [3.63, 3.8) is 0 Å². The van der Waals surface area contributed by atoms with Crippen molar-refractivity contribution in [2.75, 3.05) is 0 Å². The highest BCUT2D eigenvalue weighted by Crippen LogP contribution is 2.23. The summed E-state index contributed by atoms with van der Waals surface area (Å²) in [6, 6.07) is 13.3. The van der Waals surface area contributed by atoms with Crippen LogP contribution in [0.5, 0.6) is 5.75 Å². The van der Waals surface area contributed by atoms with E-state index in [9.17, 15) is 13.6 Å². The van der Waals surface area contributed by atoms with Crippen LogP contribution >= 0.6 is 0 Å². The van der Waals surface area contributed by atoms with E-state index in [1.807, 2.05) is 6.07 Å². The van der Waals surface area contributed by atoms with Gasteiger partial charge in [-0.25, -0.2) is 9.18 Å². The van der Waals surface area contributed by atoms with Gasteiger partial charge >= 0.3 is 5.97 Å². The molecule has 3 nitrogen and oxygen atoms in total. The Kier molecular flexibility index (Phi) is 4.64. The van der Waals surface area contributed by atoms with E-state index < -0.39 is 17.6 Å². The van der Waals surface area contributed by atoms with Gasteiger partial charge in [0.2, 0.25) is 5.83 Å². The second-order valence-corrected chi connectivity index (χ2v) is 4.52. The molecule has 0 saturated carbocycles. The van der Waals surface area contributed by atoms with Crippen LogP contribution in [0.1, 0.15) is 16.7 Å². The lowest BCUT2D eigenvalue weighted by molar-refractivity contribution is -0.131. The summed E-state index contributed by atoms with van der Waals surface area (Å²) in [7, 11) is 0. The van der Waals surface area contributed by atoms with Crippen LogP contribution in [0.2, 0.25) is 0 Å². The molecule has 0 aromatic heterocycles. The number of carbonyl (C=O) groups is 1. The van der Waals surface area contributed by atoms with Crippen LogP contribution in [0.3, 0.4) is 0 Å². The molecule has 2 aromatic rings. The van der Waals surface area contributed by atoms with Gasteiger partial charge in [0.25, 0.3) is 0 Å². The van der Waals surface area contributed by atoms with E-state index in [1.54, 1.807) is 19.1 Å². The van der Waals surface area contributed by atoms with Gasteiger partial charge in [0, 0.05) is 5.56 Å². The topological polar surface area (TPSA) is 50.1 Å². The first kappa shape index (κ1) is 15.4. The number of benzene rings is 2. The molecule has 0 saturated heterocycles. The Bertz CT molecular complexity index is 757. The summed E-state index contributed by atoms with van der Waals surface area (Å²) in [6.45, 7) is 1.81. The number of halogens is 2. The number of rotatable bonds is 3. The average Bonchev–Trinajstić information content (AvgIpc) is 2.55. The van der Waals surface area contributed by atoms with Crippen molar-refractivity contribution >= 4 is 11.8 Å². The molecule has 2 aromatic carbocycles. The standard InChI is InChI=1S/C17H11F2NO2/c1-11-2-6-13(7-3-11)15(18)16(19)17(21)22-14-8-4-12(10-20)5-9-14/h2-9H,1H3/b16-15+. The Morgan fingerprint density at radius 3 is 2.18 bits per heavy atom. The lowest BCUT2D eigenvalue weighted by Gasteiger charge is -2.04. The van der Waals surface area contributed by atoms with Crippen molar-refractivity contribution in [2.45, 2.75) is 6.92 Å². The van der Waals surface area contributed by atoms with Crippen LogP contribution in [0.15, 0.2) is 54.4 Å². The molecule has 0 heterocycles. The van der Waals surface area contributed by atoms with Crippen molar-refractivity contribution in [2.24, 2.45) is 0 Å². The van der Waals surface area contributed by atoms with Gasteiger partial charge in [-0.15, -0.1) is 0 Å². The monoisotopic (exact) mass is 299 g/mol. The Morgan fingerprint density at radius 2 is 1.64 bits per heavy atom. The number of esters is 1. The number of nitrogens with zero attached hydrogens (tertiary/aromatic N) is 1. The second-order valence-electron chi connectivity index (χ2n) is 4.52. The molecule has 0 radical (unpaired) electrons. The fourth-order valence-corrected chi connectivity index (χ4v) is 1.67. The molecule has 22 heavy (non-hydrogen) atoms. The molecule has 0 unspecified atom stereocenters. The van der Waals surface area contributed by atoms with Crippen molar-refractivity contribution in [1.82, 2.24) is 0 Å². The Hall–Kier alpha value is -3.00. The van der Waals surface area contributed by atoms with Crippen LogP contribution < -0.4 is 4.74 Å². The first-order valence-corrected chi connectivity index (χ1v) is 6.36. The zero-order valence-corrected chi connectivity index (χ0v) is 11.6. The number of aryl methyl sites for hydroxylation is 1. The molecular formula is C17H11F2NO2. The van der Waals surface area contributed by atoms with Gasteiger partial charge in [0.15, 0.2) is 5.83 Å². The van der Waals surface area contributed by atoms with E-state index in [4.69, 9.17) is 10.00 Å². The second kappa shape index (κ2) is 6.64. The molecule has 0 aliphatic rings. The summed E-state index contributed by atoms with van der Waals surface area (Å²) in [5.41, 5.74) is 1.21. The molecule has 0 aliphatic heterocycles. The van der Waals surface area contributed by atoms with Gasteiger partial charge < -0.3 is 4.74 Å². The van der Waals surface area contributed by atoms with Gasteiger partial charge in [0.05, 0.1) is 11.6 Å². The van der Waals surface area contributed by atoms with Crippen LogP contribution in [-0.4, -0.2) is 5.97 Å². The first-order chi connectivity index (χ1) is 10.5. The van der Waals surface area contributed by atoms with E-state index >= 15 is 0 Å². The Balaban J connectivity index is 2.18. The van der Waals surface area contributed by atoms with Gasteiger partial charge in [-0.3, -0.25) is 0 Å². The highest BCUT2D eigenvalue weighted by atomic mass is 19.2. The largest absolute Gasteiger partial charge is 0.421 e. The molecule has 0 aliphatic carbocycles. The van der Waals surface area contributed by atoms with Crippen molar-refractivity contribution in [1.29, 1.82) is 5.26 Å². The molecule has 0 atom stereocenters. The summed E-state index contributed by atoms with van der Waals surface area (Å²) >= 11 is 0. The lowest BCUT2D eigenvalue weighted by atomic mass is 10.1. The molecule has 0 bridgehead atoms. The van der Waals surface area contributed by atoms with E-state index in [0.29, 0.717) is 5.56 Å². The smallest absolute Gasteiger partial charge is 0.375 e. The highest BCUT2D eigenvalue weighted by molar-refractivity contribution is 5.94. The predicted molar refractivity (Wildman–Crippen MR) is 77.1 cm³/mol. The molecule has 0 N–H and O–H groups in total. The van der Waals surface area contributed by atoms with Crippen molar-refractivity contribution < 1.29 is 18.3 Å². The van der Waals surface area contributed by atoms with Crippen LogP contribution in [0.25, 0.3) is 5.83 Å². The SMILES string of the molecule is Cc1ccc(/C(F)=C(\F)C(=O)Oc2ccc(C#N)cc2)cc1. The van der Waals surface area contributed by atoms with Gasteiger partial charge in [-0.05, 0) is 31.2 Å². The molecule has 2 rings (SSSR count). The third-order valence-electron chi connectivity index (χ3n) is 2.87. The predicted octanol–water partition coefficient (Wildman–Crippen LogP) is 4.08. The van der Waals surface area contributed by atoms with Gasteiger partial charge in [0.1, 0.15) is 5.75 Å². The fraction of sp³-hybridized carbons (Fsp3) is 0.0588. The molecular weight excluding hydrogens is 288 g/mol. The van der Waals surface area contributed by atoms with Crippen LogP contribution in [0, 0.1) is 18.3 Å². The molecule has 0 fully saturated rings. The lowest BCUT2D eigenvalue weighted by Crippen LogP contribution is -2.09. The third-order valence-corrected chi connectivity index (χ3v) is 2.87. The van der Waals surface area contributed by atoms with E-state index in [1.165, 1.54) is 36.4 Å². The Labute approximate surface area is 126 Å². The van der Waals surface area contributed by atoms with Gasteiger partial charge in [-0.1, -0.05) is 29.8 Å². The normalized spacial score (nSPS) is 11.4. The summed E-state index contributed by atoms with van der Waals surface area (Å²) in [6.07, 6.45) is 0. The minimum Gasteiger partial charge on any atom is -0.421 e. The number of carbonyl (C=O) groups excluding carboxylic acids is 1. The average molecular weight is 299 g/mol. The Morgan fingerprint density at radius 1 is 1.05 bits per heavy atom. The van der Waals surface area contributed by atoms with E-state index in [0.717, 1.165) is 5.56 Å². The number of hydrogen-bond donors (Lipinski definition) is 0. The minimum atomic E-state index is -1.60. The quantitative estimate of drug-likeness (QED) is 0.487. The van der Waals surface area contributed by atoms with E-state index in [2.05, 4.69) is 0 Å². The third kappa shape index (κ3) is 3.55. The first-order valence-electron chi connectivity index (χ1n) is 6.36. The molecule has 5 heteroatoms. The minimum absolute atomic E-state index is 0.0239. The number of ether oxygens (including phenoxy) is 1. The summed E-state index contributed by atoms with van der Waals surface area (Å²) in [4.78, 5) is 11.6. The molecule has 0 spiro atoms. The number of nitriles is 1. The van der Waals surface area contributed by atoms with Crippen LogP contribution in [0.4, 0.5) is 8.78 Å². The van der Waals surface area contributed by atoms with E-state index in [-0.39, 0.29) is 11.3 Å². The summed E-state index contributed by atoms with van der Waals surface area (Å²) in [5, 5.41) is 8.64. The molecule has 0 amide bonds. The maximum absolute atomic E-state index is 13.9. The zero-order valence-electron chi connectivity index (χ0n) is 11.6. The van der Waals surface area contributed by atoms with Gasteiger partial charge in [-0.2, -0.15) is 9.65 Å². The van der Waals surface area contributed by atoms with Crippen LogP contribution in [-0.2, 0) is 4.79 Å². The maximum Gasteiger partial charge on any atom is 0.375 e.